The van der Waals surface area contributed by atoms with Gasteiger partial charge in [-0.05, 0) is 29.3 Å². The zero-order chi connectivity index (χ0) is 15.0. The summed E-state index contributed by atoms with van der Waals surface area (Å²) in [6.07, 6.45) is 0.727. The van der Waals surface area contributed by atoms with E-state index in [2.05, 4.69) is 5.32 Å². The molecule has 1 amide bonds. The molecule has 112 valence electrons. The third kappa shape index (κ3) is 5.40. The summed E-state index contributed by atoms with van der Waals surface area (Å²) in [5.74, 6) is 0.00228. The lowest BCUT2D eigenvalue weighted by Crippen LogP contribution is -2.54. The molecule has 0 aliphatic carbocycles. The average molecular weight is 299 g/mol. The van der Waals surface area contributed by atoms with E-state index in [1.807, 2.05) is 37.8 Å². The van der Waals surface area contributed by atoms with Gasteiger partial charge in [0.1, 0.15) is 0 Å². The van der Waals surface area contributed by atoms with Gasteiger partial charge in [0.2, 0.25) is 18.4 Å². The molecule has 0 saturated heterocycles. The molecule has 1 unspecified atom stereocenters. The maximum Gasteiger partial charge on any atom is 0.250 e. The second-order valence-corrected chi connectivity index (χ2v) is 5.92. The second-order valence-electron chi connectivity index (χ2n) is 5.14. The Morgan fingerprint density at radius 1 is 1.55 bits per heavy atom. The molecule has 1 aromatic rings. The first-order valence-corrected chi connectivity index (χ1v) is 7.61. The summed E-state index contributed by atoms with van der Waals surface area (Å²) in [6, 6.07) is 1.95. The van der Waals surface area contributed by atoms with E-state index >= 15 is 0 Å². The Balaban J connectivity index is 2.34. The molecular formula is C14H23N2O3S+. The molecule has 0 spiro atoms. The minimum absolute atomic E-state index is 0.00228. The fraction of sp³-hybridized carbons (Fsp3) is 0.571. The third-order valence-corrected chi connectivity index (χ3v) is 3.83. The molecule has 1 N–H and O–H groups in total. The van der Waals surface area contributed by atoms with E-state index < -0.39 is 6.23 Å². The lowest BCUT2D eigenvalue weighted by Gasteiger charge is -2.34. The van der Waals surface area contributed by atoms with Gasteiger partial charge >= 0.3 is 0 Å². The van der Waals surface area contributed by atoms with Crippen molar-refractivity contribution in [3.63, 3.8) is 0 Å². The molecule has 6 heteroatoms. The number of amides is 1. The van der Waals surface area contributed by atoms with Crippen LogP contribution in [-0.2, 0) is 20.7 Å². The number of hydrogen-bond acceptors (Lipinski definition) is 4. The van der Waals surface area contributed by atoms with Gasteiger partial charge in [-0.25, -0.2) is 0 Å². The van der Waals surface area contributed by atoms with Crippen LogP contribution >= 0.6 is 11.3 Å². The second kappa shape index (κ2) is 8.14. The smallest absolute Gasteiger partial charge is 0.250 e. The Labute approximate surface area is 124 Å². The van der Waals surface area contributed by atoms with Crippen molar-refractivity contribution in [1.82, 2.24) is 5.32 Å². The monoisotopic (exact) mass is 299 g/mol. The molecule has 20 heavy (non-hydrogen) atoms. The first-order chi connectivity index (χ1) is 9.49. The van der Waals surface area contributed by atoms with Crippen LogP contribution in [0.25, 0.3) is 0 Å². The number of aldehydes is 1. The Bertz CT molecular complexity index is 418. The Morgan fingerprint density at radius 2 is 2.30 bits per heavy atom. The minimum atomic E-state index is -0.492. The Morgan fingerprint density at radius 3 is 2.85 bits per heavy atom. The highest BCUT2D eigenvalue weighted by molar-refractivity contribution is 7.07. The molecule has 5 nitrogen and oxygen atoms in total. The number of quaternary nitrogens is 1. The number of thiophene rings is 1. The van der Waals surface area contributed by atoms with Gasteiger partial charge in [0.25, 0.3) is 0 Å². The van der Waals surface area contributed by atoms with Gasteiger partial charge in [-0.2, -0.15) is 11.3 Å². The van der Waals surface area contributed by atoms with Crippen LogP contribution in [0.3, 0.4) is 0 Å². The number of carbonyl (C=O) groups excluding carboxylic acids is 2. The van der Waals surface area contributed by atoms with Crippen LogP contribution in [0.2, 0.25) is 0 Å². The van der Waals surface area contributed by atoms with Crippen molar-refractivity contribution in [3.8, 4) is 0 Å². The van der Waals surface area contributed by atoms with Crippen LogP contribution < -0.4 is 5.32 Å². The van der Waals surface area contributed by atoms with Crippen molar-refractivity contribution >= 4 is 23.5 Å². The zero-order valence-electron chi connectivity index (χ0n) is 12.3. The standard InChI is InChI=1S/C14H22N2O3S/c1-4-19-14(10-17)16(2,3)7-6-15-13(18)9-12-5-8-20-11-12/h5,8,10-11,14H,4,6-7,9H2,1-3H3/p+1. The van der Waals surface area contributed by atoms with Gasteiger partial charge in [-0.1, -0.05) is 0 Å². The molecule has 0 aromatic carbocycles. The molecule has 1 rings (SSSR count). The maximum atomic E-state index is 11.7. The van der Waals surface area contributed by atoms with Crippen LogP contribution in [0.4, 0.5) is 0 Å². The van der Waals surface area contributed by atoms with Gasteiger partial charge in [-0.15, -0.1) is 0 Å². The van der Waals surface area contributed by atoms with E-state index in [0.29, 0.717) is 30.6 Å². The SMILES string of the molecule is CCOC(C=O)[N+](C)(C)CCNC(=O)Cc1ccsc1. The van der Waals surface area contributed by atoms with Crippen molar-refractivity contribution in [3.05, 3.63) is 22.4 Å². The number of likely N-dealkylation sites (N-methyl/N-ethyl adjacent to an activating group) is 1. The van der Waals surface area contributed by atoms with Crippen molar-refractivity contribution in [2.75, 3.05) is 33.8 Å². The number of carbonyl (C=O) groups is 2. The van der Waals surface area contributed by atoms with E-state index in [4.69, 9.17) is 4.74 Å². The molecule has 1 aromatic heterocycles. The van der Waals surface area contributed by atoms with Gasteiger partial charge in [-0.3, -0.25) is 14.1 Å². The predicted molar refractivity (Wildman–Crippen MR) is 79.5 cm³/mol. The van der Waals surface area contributed by atoms with Crippen molar-refractivity contribution in [2.45, 2.75) is 19.6 Å². The van der Waals surface area contributed by atoms with E-state index in [0.717, 1.165) is 11.8 Å². The largest absolute Gasteiger partial charge is 0.350 e. The van der Waals surface area contributed by atoms with E-state index in [1.54, 1.807) is 11.3 Å². The van der Waals surface area contributed by atoms with Crippen molar-refractivity contribution in [1.29, 1.82) is 0 Å². The van der Waals surface area contributed by atoms with E-state index in [-0.39, 0.29) is 5.91 Å². The van der Waals surface area contributed by atoms with Gasteiger partial charge in [0, 0.05) is 0 Å². The van der Waals surface area contributed by atoms with Crippen LogP contribution in [0.1, 0.15) is 12.5 Å². The first kappa shape index (κ1) is 16.8. The quantitative estimate of drug-likeness (QED) is 0.421. The van der Waals surface area contributed by atoms with E-state index in [9.17, 15) is 9.59 Å². The third-order valence-electron chi connectivity index (χ3n) is 3.10. The van der Waals surface area contributed by atoms with Gasteiger partial charge < -0.3 is 10.1 Å². The molecule has 1 atom stereocenters. The highest BCUT2D eigenvalue weighted by Crippen LogP contribution is 2.07. The Kier molecular flexibility index (Phi) is 6.84. The fourth-order valence-corrected chi connectivity index (χ4v) is 2.50. The zero-order valence-corrected chi connectivity index (χ0v) is 13.1. The summed E-state index contributed by atoms with van der Waals surface area (Å²) in [5, 5.41) is 6.80. The summed E-state index contributed by atoms with van der Waals surface area (Å²) in [7, 11) is 3.83. The number of rotatable bonds is 9. The van der Waals surface area contributed by atoms with Crippen LogP contribution in [-0.4, -0.2) is 56.7 Å². The topological polar surface area (TPSA) is 55.4 Å². The summed E-state index contributed by atoms with van der Waals surface area (Å²) in [4.78, 5) is 22.8. The van der Waals surface area contributed by atoms with Crippen LogP contribution in [0.15, 0.2) is 16.8 Å². The van der Waals surface area contributed by atoms with Gasteiger partial charge in [0.15, 0.2) is 0 Å². The number of hydrogen-bond donors (Lipinski definition) is 1. The lowest BCUT2D eigenvalue weighted by atomic mass is 10.2. The minimum Gasteiger partial charge on any atom is -0.350 e. The number of nitrogens with zero attached hydrogens (tertiary/aromatic N) is 1. The molecule has 0 aliphatic heterocycles. The lowest BCUT2D eigenvalue weighted by molar-refractivity contribution is -0.925. The molecule has 1 heterocycles. The van der Waals surface area contributed by atoms with Crippen molar-refractivity contribution < 1.29 is 18.8 Å². The molecule has 0 bridgehead atoms. The number of nitrogens with one attached hydrogen (secondary N) is 1. The molecule has 0 aliphatic rings. The van der Waals surface area contributed by atoms with Crippen LogP contribution in [0, 0.1) is 0 Å². The normalized spacial score (nSPS) is 12.9. The molecule has 0 radical (unpaired) electrons. The summed E-state index contributed by atoms with van der Waals surface area (Å²) >= 11 is 1.58. The molecular weight excluding hydrogens is 276 g/mol. The highest BCUT2D eigenvalue weighted by atomic mass is 32.1. The number of ether oxygens (including phenoxy) is 1. The summed E-state index contributed by atoms with van der Waals surface area (Å²) < 4.78 is 5.79. The first-order valence-electron chi connectivity index (χ1n) is 6.67. The average Bonchev–Trinajstić information content (AvgIpc) is 2.88. The Hall–Kier alpha value is -1.24. The summed E-state index contributed by atoms with van der Waals surface area (Å²) in [5.41, 5.74) is 1.03. The maximum absolute atomic E-state index is 11.7. The summed E-state index contributed by atoms with van der Waals surface area (Å²) in [6.45, 7) is 3.51. The fourth-order valence-electron chi connectivity index (χ4n) is 1.83. The van der Waals surface area contributed by atoms with Gasteiger partial charge in [0.05, 0.1) is 40.2 Å². The molecule has 0 fully saturated rings. The highest BCUT2D eigenvalue weighted by Gasteiger charge is 2.27. The van der Waals surface area contributed by atoms with Crippen LogP contribution in [0.5, 0.6) is 0 Å². The van der Waals surface area contributed by atoms with E-state index in [1.165, 1.54) is 0 Å². The molecule has 0 saturated carbocycles. The predicted octanol–water partition coefficient (Wildman–Crippen LogP) is 1.04. The van der Waals surface area contributed by atoms with Crippen molar-refractivity contribution in [2.24, 2.45) is 0 Å².